The van der Waals surface area contributed by atoms with Crippen molar-refractivity contribution in [3.63, 3.8) is 0 Å². The number of aromatic nitrogens is 1. The zero-order valence-corrected chi connectivity index (χ0v) is 22.6. The van der Waals surface area contributed by atoms with Crippen LogP contribution in [0.2, 0.25) is 0 Å². The Morgan fingerprint density at radius 2 is 1.90 bits per heavy atom. The number of benzene rings is 2. The van der Waals surface area contributed by atoms with E-state index in [-0.39, 0.29) is 24.1 Å². The Hall–Kier alpha value is -4.08. The fourth-order valence-electron chi connectivity index (χ4n) is 5.25. The molecule has 0 aliphatic heterocycles. The van der Waals surface area contributed by atoms with Crippen LogP contribution in [0, 0.1) is 11.2 Å². The van der Waals surface area contributed by atoms with Crippen LogP contribution in [0.25, 0.3) is 28.5 Å². The van der Waals surface area contributed by atoms with Crippen LogP contribution < -0.4 is 11.1 Å². The van der Waals surface area contributed by atoms with E-state index in [2.05, 4.69) is 5.32 Å². The molecule has 2 atom stereocenters. The van der Waals surface area contributed by atoms with Gasteiger partial charge in [0, 0.05) is 23.2 Å². The molecule has 0 radical (unpaired) electrons. The first-order valence-corrected chi connectivity index (χ1v) is 13.4. The van der Waals surface area contributed by atoms with Crippen molar-refractivity contribution in [2.24, 2.45) is 5.73 Å². The third-order valence-electron chi connectivity index (χ3n) is 6.97. The van der Waals surface area contributed by atoms with Gasteiger partial charge in [0.2, 0.25) is 0 Å². The highest BCUT2D eigenvalue weighted by molar-refractivity contribution is 5.91. The van der Waals surface area contributed by atoms with Crippen molar-refractivity contribution in [2.45, 2.75) is 64.1 Å². The number of guanidine groups is 1. The van der Waals surface area contributed by atoms with Gasteiger partial charge in [0.05, 0.1) is 30.0 Å². The summed E-state index contributed by atoms with van der Waals surface area (Å²) in [7, 11) is 0. The number of carboxylic acid groups (broad SMARTS) is 1. The zero-order valence-electron chi connectivity index (χ0n) is 22.6. The van der Waals surface area contributed by atoms with Crippen LogP contribution in [0.15, 0.2) is 48.5 Å². The van der Waals surface area contributed by atoms with Crippen LogP contribution in [0.4, 0.5) is 10.1 Å². The highest BCUT2D eigenvalue weighted by Crippen LogP contribution is 2.42. The Balaban J connectivity index is 1.90. The van der Waals surface area contributed by atoms with E-state index in [1.54, 1.807) is 24.3 Å². The number of fused-ring (bicyclic) bond motifs is 3. The number of aliphatic hydroxyl groups excluding tert-OH is 2. The van der Waals surface area contributed by atoms with Crippen molar-refractivity contribution in [1.82, 2.24) is 4.98 Å². The number of nitrogens with two attached hydrogens (primary N) is 1. The van der Waals surface area contributed by atoms with E-state index in [1.165, 1.54) is 12.1 Å². The number of aliphatic carboxylic acids is 1. The van der Waals surface area contributed by atoms with E-state index in [1.807, 2.05) is 32.0 Å². The molecule has 40 heavy (non-hydrogen) atoms. The Kier molecular flexibility index (Phi) is 8.96. The van der Waals surface area contributed by atoms with Crippen LogP contribution in [0.1, 0.15) is 61.4 Å². The fraction of sp³-hybridized carbons (Fsp3) is 0.323. The summed E-state index contributed by atoms with van der Waals surface area (Å²) in [5.74, 6) is -1.61. The third-order valence-corrected chi connectivity index (χ3v) is 6.97. The molecule has 3 aromatic rings. The molecular weight excluding hydrogens is 511 g/mol. The standard InChI is InChI=1S/C31H35FN4O4/c1-17(2)29-26(13-11-22(37)15-23(38)16-27(39)40)28(18-6-8-20(32)9-7-18)25-5-3-4-19-14-21(35-31(33)34)10-12-24(19)30(25)36-29/h6-14,17,22-23,37-38H,3-5,15-16H2,1-2H3,(H,39,40)(H4,33,34,35)/b13-11+/t22-,23-/m1/s1. The molecule has 0 saturated carbocycles. The Bertz CT molecular complexity index is 1440. The minimum Gasteiger partial charge on any atom is -0.481 e. The van der Waals surface area contributed by atoms with E-state index < -0.39 is 24.6 Å². The molecule has 0 unspecified atom stereocenters. The largest absolute Gasteiger partial charge is 0.481 e. The number of carboxylic acids is 1. The Morgan fingerprint density at radius 3 is 2.55 bits per heavy atom. The van der Waals surface area contributed by atoms with Gasteiger partial charge in [-0.3, -0.25) is 15.2 Å². The number of anilines is 1. The summed E-state index contributed by atoms with van der Waals surface area (Å²) < 4.78 is 14.0. The zero-order chi connectivity index (χ0) is 29.0. The summed E-state index contributed by atoms with van der Waals surface area (Å²) in [4.78, 5) is 16.1. The first-order valence-electron chi connectivity index (χ1n) is 13.4. The maximum absolute atomic E-state index is 14.0. The second kappa shape index (κ2) is 12.4. The topological polar surface area (TPSA) is 153 Å². The van der Waals surface area contributed by atoms with Gasteiger partial charge < -0.3 is 26.4 Å². The first-order chi connectivity index (χ1) is 19.0. The van der Waals surface area contributed by atoms with E-state index in [0.29, 0.717) is 0 Å². The molecule has 0 fully saturated rings. The maximum atomic E-state index is 14.0. The molecule has 0 saturated heterocycles. The van der Waals surface area contributed by atoms with Gasteiger partial charge in [-0.2, -0.15) is 0 Å². The quantitative estimate of drug-likeness (QED) is 0.162. The molecule has 1 aliphatic rings. The van der Waals surface area contributed by atoms with Crippen LogP contribution >= 0.6 is 0 Å². The number of carbonyl (C=O) groups is 1. The summed E-state index contributed by atoms with van der Waals surface area (Å²) >= 11 is 0. The molecule has 4 rings (SSSR count). The van der Waals surface area contributed by atoms with Crippen molar-refractivity contribution >= 4 is 23.7 Å². The van der Waals surface area contributed by atoms with Gasteiger partial charge in [-0.15, -0.1) is 0 Å². The molecule has 0 amide bonds. The van der Waals surface area contributed by atoms with Gasteiger partial charge in [-0.05, 0) is 71.7 Å². The molecule has 0 spiro atoms. The van der Waals surface area contributed by atoms with Crippen LogP contribution in [0.5, 0.6) is 0 Å². The first kappa shape index (κ1) is 28.9. The molecule has 1 heterocycles. The van der Waals surface area contributed by atoms with Gasteiger partial charge >= 0.3 is 5.97 Å². The second-order valence-electron chi connectivity index (χ2n) is 10.5. The van der Waals surface area contributed by atoms with E-state index in [0.717, 1.165) is 69.7 Å². The molecule has 0 bridgehead atoms. The normalized spacial score (nSPS) is 14.3. The summed E-state index contributed by atoms with van der Waals surface area (Å²) in [6.07, 6.45) is 2.88. The second-order valence-corrected chi connectivity index (χ2v) is 10.5. The number of aryl methyl sites for hydroxylation is 1. The number of hydrogen-bond donors (Lipinski definition) is 6. The van der Waals surface area contributed by atoms with Crippen molar-refractivity contribution in [3.05, 3.63) is 76.7 Å². The number of halogens is 1. The fourth-order valence-corrected chi connectivity index (χ4v) is 5.25. The monoisotopic (exact) mass is 546 g/mol. The lowest BCUT2D eigenvalue weighted by Gasteiger charge is -2.22. The van der Waals surface area contributed by atoms with Crippen molar-refractivity contribution < 1.29 is 24.5 Å². The predicted octanol–water partition coefficient (Wildman–Crippen LogP) is 5.07. The Labute approximate surface area is 232 Å². The lowest BCUT2D eigenvalue weighted by atomic mass is 9.86. The van der Waals surface area contributed by atoms with Crippen molar-refractivity contribution in [2.75, 3.05) is 5.32 Å². The average molecular weight is 547 g/mol. The van der Waals surface area contributed by atoms with Gasteiger partial charge in [-0.1, -0.05) is 44.2 Å². The van der Waals surface area contributed by atoms with Gasteiger partial charge in [0.25, 0.3) is 0 Å². The number of pyridine rings is 1. The molecule has 1 aliphatic carbocycles. The van der Waals surface area contributed by atoms with Gasteiger partial charge in [0.1, 0.15) is 5.82 Å². The summed E-state index contributed by atoms with van der Waals surface area (Å²) in [5, 5.41) is 39.9. The van der Waals surface area contributed by atoms with Crippen molar-refractivity contribution in [3.8, 4) is 22.4 Å². The van der Waals surface area contributed by atoms with Crippen molar-refractivity contribution in [1.29, 1.82) is 5.41 Å². The van der Waals surface area contributed by atoms with E-state index >= 15 is 0 Å². The minimum absolute atomic E-state index is 0.00393. The lowest BCUT2D eigenvalue weighted by molar-refractivity contribution is -0.139. The lowest BCUT2D eigenvalue weighted by Crippen LogP contribution is -2.20. The molecule has 9 heteroatoms. The highest BCUT2D eigenvalue weighted by atomic mass is 19.1. The molecule has 210 valence electrons. The van der Waals surface area contributed by atoms with E-state index in [4.69, 9.17) is 21.2 Å². The summed E-state index contributed by atoms with van der Waals surface area (Å²) in [6.45, 7) is 4.07. The summed E-state index contributed by atoms with van der Waals surface area (Å²) in [6, 6.07) is 12.2. The third kappa shape index (κ3) is 6.73. The highest BCUT2D eigenvalue weighted by Gasteiger charge is 2.25. The predicted molar refractivity (Wildman–Crippen MR) is 155 cm³/mol. The maximum Gasteiger partial charge on any atom is 0.305 e. The van der Waals surface area contributed by atoms with E-state index in [9.17, 15) is 19.4 Å². The number of nitrogens with one attached hydrogen (secondary N) is 2. The number of aliphatic hydroxyl groups is 2. The molecule has 8 nitrogen and oxygen atoms in total. The van der Waals surface area contributed by atoms with Gasteiger partial charge in [-0.25, -0.2) is 4.39 Å². The number of rotatable bonds is 9. The van der Waals surface area contributed by atoms with Crippen LogP contribution in [0.3, 0.4) is 0 Å². The van der Waals surface area contributed by atoms with Crippen LogP contribution in [-0.2, 0) is 17.6 Å². The molecule has 1 aromatic heterocycles. The molecule has 2 aromatic carbocycles. The Morgan fingerprint density at radius 1 is 1.18 bits per heavy atom. The van der Waals surface area contributed by atoms with Crippen LogP contribution in [-0.4, -0.2) is 44.4 Å². The molecule has 7 N–H and O–H groups in total. The van der Waals surface area contributed by atoms with Gasteiger partial charge in [0.15, 0.2) is 5.96 Å². The SMILES string of the molecule is CC(C)c1nc2c(c(-c3ccc(F)cc3)c1/C=C/[C@@H](O)C[C@@H](O)CC(=O)O)CCCc1cc(NC(=N)N)ccc1-2. The summed E-state index contributed by atoms with van der Waals surface area (Å²) in [5.41, 5.74) is 13.5. The number of hydrogen-bond acceptors (Lipinski definition) is 5. The smallest absolute Gasteiger partial charge is 0.305 e. The number of nitrogens with zero attached hydrogens (tertiary/aromatic N) is 1. The average Bonchev–Trinajstić information content (AvgIpc) is 3.05. The molecular formula is C31H35FN4O4. The minimum atomic E-state index is -1.18.